The van der Waals surface area contributed by atoms with Crippen LogP contribution in [0.1, 0.15) is 56.8 Å². The summed E-state index contributed by atoms with van der Waals surface area (Å²) in [6.45, 7) is 6.31. The van der Waals surface area contributed by atoms with Crippen LogP contribution in [0.15, 0.2) is 12.3 Å². The zero-order valence-corrected chi connectivity index (χ0v) is 17.3. The Bertz CT molecular complexity index is 694. The minimum Gasteiger partial charge on any atom is -0.488 e. The Balaban J connectivity index is 2.15. The number of nitrogens with zero attached hydrogens (tertiary/aromatic N) is 1. The van der Waals surface area contributed by atoms with Crippen molar-refractivity contribution >= 4 is 11.9 Å². The van der Waals surface area contributed by atoms with E-state index in [1.54, 1.807) is 33.9 Å². The molecular formula is C20H30N2O6. The van der Waals surface area contributed by atoms with Crippen LogP contribution in [0.4, 0.5) is 4.79 Å². The number of rotatable bonds is 9. The Morgan fingerprint density at radius 3 is 2.46 bits per heavy atom. The van der Waals surface area contributed by atoms with Crippen molar-refractivity contribution < 1.29 is 28.5 Å². The molecule has 0 bridgehead atoms. The van der Waals surface area contributed by atoms with Gasteiger partial charge in [-0.05, 0) is 46.1 Å². The van der Waals surface area contributed by atoms with Gasteiger partial charge in [-0.25, -0.2) is 9.78 Å². The van der Waals surface area contributed by atoms with Crippen LogP contribution in [0.25, 0.3) is 0 Å². The number of ketones is 1. The molecule has 28 heavy (non-hydrogen) atoms. The molecule has 1 aliphatic rings. The lowest BCUT2D eigenvalue weighted by molar-refractivity contribution is 0.0358. The molecular weight excluding hydrogens is 364 g/mol. The topological polar surface area (TPSA) is 96.0 Å². The van der Waals surface area contributed by atoms with Gasteiger partial charge in [0.25, 0.3) is 5.88 Å². The second-order valence-electron chi connectivity index (χ2n) is 7.82. The molecule has 8 heteroatoms. The van der Waals surface area contributed by atoms with Gasteiger partial charge in [-0.1, -0.05) is 0 Å². The lowest BCUT2D eigenvalue weighted by atomic mass is 9.72. The molecule has 0 radical (unpaired) electrons. The van der Waals surface area contributed by atoms with Crippen molar-refractivity contribution in [1.29, 1.82) is 0 Å². The first-order chi connectivity index (χ1) is 13.2. The third kappa shape index (κ3) is 5.58. The summed E-state index contributed by atoms with van der Waals surface area (Å²) < 4.78 is 21.2. The maximum Gasteiger partial charge on any atom is 0.408 e. The van der Waals surface area contributed by atoms with Crippen molar-refractivity contribution in [3.63, 3.8) is 0 Å². The number of alkyl carbamates (subject to hydrolysis) is 1. The molecule has 2 rings (SSSR count). The van der Waals surface area contributed by atoms with Gasteiger partial charge in [0.2, 0.25) is 0 Å². The van der Waals surface area contributed by atoms with E-state index in [2.05, 4.69) is 10.3 Å². The van der Waals surface area contributed by atoms with Crippen LogP contribution in [0.5, 0.6) is 11.6 Å². The first-order valence-electron chi connectivity index (χ1n) is 9.42. The first-order valence-corrected chi connectivity index (χ1v) is 9.42. The first kappa shape index (κ1) is 21.9. The number of nitrogens with one attached hydrogen (secondary N) is 1. The summed E-state index contributed by atoms with van der Waals surface area (Å²) in [5.41, 5.74) is -1.24. The Kier molecular flexibility index (Phi) is 7.23. The van der Waals surface area contributed by atoms with Crippen molar-refractivity contribution in [1.82, 2.24) is 10.3 Å². The zero-order chi connectivity index (χ0) is 20.8. The minimum absolute atomic E-state index is 0.207. The van der Waals surface area contributed by atoms with Crippen molar-refractivity contribution in [3.05, 3.63) is 17.8 Å². The Hall–Kier alpha value is -2.35. The SMILES string of the molecule is COCCCOc1cc(C(=O)C2(NC(=O)OC(C)(C)C)CCC2)cnc1OC. The number of carbonyl (C=O) groups excluding carboxylic acids is 2. The van der Waals surface area contributed by atoms with Crippen molar-refractivity contribution in [3.8, 4) is 11.6 Å². The average molecular weight is 394 g/mol. The highest BCUT2D eigenvalue weighted by Gasteiger charge is 2.46. The highest BCUT2D eigenvalue weighted by Crippen LogP contribution is 2.36. The summed E-state index contributed by atoms with van der Waals surface area (Å²) >= 11 is 0. The number of ether oxygens (including phenoxy) is 4. The molecule has 1 N–H and O–H groups in total. The highest BCUT2D eigenvalue weighted by atomic mass is 16.6. The Labute approximate surface area is 165 Å². The van der Waals surface area contributed by atoms with Crippen LogP contribution in [-0.4, -0.2) is 55.4 Å². The summed E-state index contributed by atoms with van der Waals surface area (Å²) in [6.07, 6.45) is 3.51. The number of hydrogen-bond donors (Lipinski definition) is 1. The molecule has 8 nitrogen and oxygen atoms in total. The molecule has 0 unspecified atom stereocenters. The van der Waals surface area contributed by atoms with E-state index in [0.29, 0.717) is 49.7 Å². The molecule has 1 fully saturated rings. The lowest BCUT2D eigenvalue weighted by Gasteiger charge is -2.41. The van der Waals surface area contributed by atoms with Crippen LogP contribution >= 0.6 is 0 Å². The van der Waals surface area contributed by atoms with Crippen LogP contribution < -0.4 is 14.8 Å². The van der Waals surface area contributed by atoms with Crippen LogP contribution in [0, 0.1) is 0 Å². The predicted molar refractivity (Wildman–Crippen MR) is 103 cm³/mol. The molecule has 0 aromatic carbocycles. The summed E-state index contributed by atoms with van der Waals surface area (Å²) in [6, 6.07) is 1.61. The third-order valence-corrected chi connectivity index (χ3v) is 4.41. The molecule has 1 aromatic heterocycles. The van der Waals surface area contributed by atoms with Crippen molar-refractivity contribution in [2.24, 2.45) is 0 Å². The van der Waals surface area contributed by atoms with E-state index >= 15 is 0 Å². The van der Waals surface area contributed by atoms with E-state index in [1.165, 1.54) is 13.3 Å². The Morgan fingerprint density at radius 1 is 1.21 bits per heavy atom. The molecule has 0 saturated heterocycles. The molecule has 1 saturated carbocycles. The van der Waals surface area contributed by atoms with E-state index in [9.17, 15) is 9.59 Å². The van der Waals surface area contributed by atoms with Gasteiger partial charge in [0, 0.05) is 31.9 Å². The van der Waals surface area contributed by atoms with Crippen molar-refractivity contribution in [2.45, 2.75) is 57.6 Å². The van der Waals surface area contributed by atoms with Gasteiger partial charge in [0.05, 0.1) is 13.7 Å². The number of aromatic nitrogens is 1. The monoisotopic (exact) mass is 394 g/mol. The average Bonchev–Trinajstić information content (AvgIpc) is 2.59. The van der Waals surface area contributed by atoms with Crippen LogP contribution in [-0.2, 0) is 9.47 Å². The highest BCUT2D eigenvalue weighted by molar-refractivity contribution is 6.05. The standard InChI is InChI=1S/C20H30N2O6/c1-19(2,3)28-18(24)22-20(8-6-9-20)16(23)14-12-15(17(26-5)21-13-14)27-11-7-10-25-4/h12-13H,6-11H2,1-5H3,(H,22,24). The van der Waals surface area contributed by atoms with Gasteiger partial charge in [-0.15, -0.1) is 0 Å². The van der Waals surface area contributed by atoms with Crippen LogP contribution in [0.3, 0.4) is 0 Å². The number of hydrogen-bond acceptors (Lipinski definition) is 7. The maximum absolute atomic E-state index is 13.2. The molecule has 0 aliphatic heterocycles. The lowest BCUT2D eigenvalue weighted by Crippen LogP contribution is -2.59. The fourth-order valence-electron chi connectivity index (χ4n) is 2.91. The maximum atomic E-state index is 13.2. The van der Waals surface area contributed by atoms with Gasteiger partial charge in [0.1, 0.15) is 11.1 Å². The fraction of sp³-hybridized carbons (Fsp3) is 0.650. The number of amides is 1. The largest absolute Gasteiger partial charge is 0.488 e. The van der Waals surface area contributed by atoms with E-state index in [1.807, 2.05) is 0 Å². The summed E-state index contributed by atoms with van der Waals surface area (Å²) in [4.78, 5) is 29.6. The molecule has 156 valence electrons. The normalized spacial score (nSPS) is 15.3. The minimum atomic E-state index is -0.966. The second kappa shape index (κ2) is 9.23. The van der Waals surface area contributed by atoms with Crippen LogP contribution in [0.2, 0.25) is 0 Å². The van der Waals surface area contributed by atoms with E-state index in [0.717, 1.165) is 6.42 Å². The molecule has 1 amide bonds. The quantitative estimate of drug-likeness (QED) is 0.508. The molecule has 0 atom stereocenters. The summed E-state index contributed by atoms with van der Waals surface area (Å²) in [7, 11) is 3.11. The summed E-state index contributed by atoms with van der Waals surface area (Å²) in [5.74, 6) is 0.481. The number of carbonyl (C=O) groups is 2. The molecule has 1 aliphatic carbocycles. The van der Waals surface area contributed by atoms with Crippen molar-refractivity contribution in [2.75, 3.05) is 27.4 Å². The van der Waals surface area contributed by atoms with E-state index in [-0.39, 0.29) is 5.78 Å². The second-order valence-corrected chi connectivity index (χ2v) is 7.82. The third-order valence-electron chi connectivity index (χ3n) is 4.41. The van der Waals surface area contributed by atoms with Gasteiger partial charge in [-0.2, -0.15) is 0 Å². The number of Topliss-reactive ketones (excluding diaryl/α,β-unsaturated/α-hetero) is 1. The van der Waals surface area contributed by atoms with Gasteiger partial charge in [0.15, 0.2) is 11.5 Å². The number of methoxy groups -OCH3 is 2. The fourth-order valence-corrected chi connectivity index (χ4v) is 2.91. The van der Waals surface area contributed by atoms with Gasteiger partial charge >= 0.3 is 6.09 Å². The molecule has 0 spiro atoms. The van der Waals surface area contributed by atoms with Gasteiger partial charge < -0.3 is 24.3 Å². The Morgan fingerprint density at radius 2 is 1.93 bits per heavy atom. The smallest absolute Gasteiger partial charge is 0.408 e. The zero-order valence-electron chi connectivity index (χ0n) is 17.3. The predicted octanol–water partition coefficient (Wildman–Crippen LogP) is 3.14. The molecule has 1 heterocycles. The molecule has 1 aromatic rings. The number of pyridine rings is 1. The van der Waals surface area contributed by atoms with E-state index < -0.39 is 17.2 Å². The van der Waals surface area contributed by atoms with Gasteiger partial charge in [-0.3, -0.25) is 4.79 Å². The van der Waals surface area contributed by atoms with E-state index in [4.69, 9.17) is 18.9 Å². The summed E-state index contributed by atoms with van der Waals surface area (Å²) in [5, 5.41) is 2.77.